The molecule has 2 heterocycles. The number of anilines is 1. The fourth-order valence-electron chi connectivity index (χ4n) is 1.53. The highest BCUT2D eigenvalue weighted by molar-refractivity contribution is 5.79. The summed E-state index contributed by atoms with van der Waals surface area (Å²) in [5, 5.41) is 0. The standard InChI is InChI=1S/C11H13N5O/c1-7(11(13)17)16-6-14-5-9(16)8-2-3-10(12)15-4-8/h2-7H,1H3,(H2,12,15)(H2,13,17). The molecule has 0 saturated carbocycles. The largest absolute Gasteiger partial charge is 0.384 e. The molecule has 1 atom stereocenters. The van der Waals surface area contributed by atoms with E-state index < -0.39 is 11.9 Å². The summed E-state index contributed by atoms with van der Waals surface area (Å²) in [6.45, 7) is 1.72. The van der Waals surface area contributed by atoms with E-state index in [9.17, 15) is 4.79 Å². The number of pyridine rings is 1. The van der Waals surface area contributed by atoms with E-state index in [1.807, 2.05) is 6.07 Å². The molecule has 0 radical (unpaired) electrons. The predicted molar refractivity (Wildman–Crippen MR) is 63.8 cm³/mol. The number of hydrogen-bond acceptors (Lipinski definition) is 4. The molecule has 6 nitrogen and oxygen atoms in total. The highest BCUT2D eigenvalue weighted by Gasteiger charge is 2.15. The summed E-state index contributed by atoms with van der Waals surface area (Å²) in [5.74, 6) is 0.0374. The molecule has 2 aromatic heterocycles. The quantitative estimate of drug-likeness (QED) is 0.806. The number of carbonyl (C=O) groups excluding carboxylic acids is 1. The number of carbonyl (C=O) groups is 1. The fraction of sp³-hybridized carbons (Fsp3) is 0.182. The van der Waals surface area contributed by atoms with E-state index >= 15 is 0 Å². The number of rotatable bonds is 3. The molecule has 2 rings (SSSR count). The molecule has 17 heavy (non-hydrogen) atoms. The number of aromatic nitrogens is 3. The predicted octanol–water partition coefficient (Wildman–Crippen LogP) is 0.574. The molecule has 0 spiro atoms. The van der Waals surface area contributed by atoms with Crippen LogP contribution in [0.2, 0.25) is 0 Å². The van der Waals surface area contributed by atoms with Crippen LogP contribution in [0, 0.1) is 0 Å². The second kappa shape index (κ2) is 4.25. The van der Waals surface area contributed by atoms with Crippen LogP contribution in [0.15, 0.2) is 30.9 Å². The summed E-state index contributed by atoms with van der Waals surface area (Å²) in [4.78, 5) is 19.2. The second-order valence-electron chi connectivity index (χ2n) is 3.74. The van der Waals surface area contributed by atoms with E-state index in [-0.39, 0.29) is 0 Å². The molecular weight excluding hydrogens is 218 g/mol. The van der Waals surface area contributed by atoms with Crippen molar-refractivity contribution in [3.8, 4) is 11.3 Å². The van der Waals surface area contributed by atoms with E-state index in [4.69, 9.17) is 11.5 Å². The molecule has 0 aromatic carbocycles. The van der Waals surface area contributed by atoms with Crippen LogP contribution in [0.25, 0.3) is 11.3 Å². The average molecular weight is 231 g/mol. The smallest absolute Gasteiger partial charge is 0.240 e. The van der Waals surface area contributed by atoms with Crippen LogP contribution < -0.4 is 11.5 Å². The Morgan fingerprint density at radius 3 is 2.76 bits per heavy atom. The van der Waals surface area contributed by atoms with Crippen molar-refractivity contribution < 1.29 is 4.79 Å². The van der Waals surface area contributed by atoms with Crippen molar-refractivity contribution in [2.75, 3.05) is 5.73 Å². The summed E-state index contributed by atoms with van der Waals surface area (Å²) in [5.41, 5.74) is 12.4. The van der Waals surface area contributed by atoms with E-state index in [0.717, 1.165) is 11.3 Å². The Bertz CT molecular complexity index is 531. The minimum atomic E-state index is -0.454. The molecule has 0 bridgehead atoms. The van der Waals surface area contributed by atoms with Gasteiger partial charge in [0.1, 0.15) is 11.9 Å². The summed E-state index contributed by atoms with van der Waals surface area (Å²) in [6.07, 6.45) is 4.87. The molecule has 6 heteroatoms. The Labute approximate surface area is 98.3 Å². The maximum atomic E-state index is 11.2. The van der Waals surface area contributed by atoms with Gasteiger partial charge in [-0.2, -0.15) is 0 Å². The van der Waals surface area contributed by atoms with Gasteiger partial charge in [0.2, 0.25) is 5.91 Å². The van der Waals surface area contributed by atoms with Crippen molar-refractivity contribution in [2.45, 2.75) is 13.0 Å². The summed E-state index contributed by atoms with van der Waals surface area (Å²) in [7, 11) is 0. The third-order valence-electron chi connectivity index (χ3n) is 2.58. The Hall–Kier alpha value is -2.37. The van der Waals surface area contributed by atoms with Crippen LogP contribution >= 0.6 is 0 Å². The van der Waals surface area contributed by atoms with Crippen molar-refractivity contribution >= 4 is 11.7 Å². The first kappa shape index (κ1) is 11.1. The van der Waals surface area contributed by atoms with Gasteiger partial charge in [0.05, 0.1) is 18.2 Å². The lowest BCUT2D eigenvalue weighted by atomic mass is 10.2. The van der Waals surface area contributed by atoms with Crippen LogP contribution in [-0.4, -0.2) is 20.4 Å². The van der Waals surface area contributed by atoms with Crippen molar-refractivity contribution in [2.24, 2.45) is 5.73 Å². The zero-order valence-corrected chi connectivity index (χ0v) is 9.37. The van der Waals surface area contributed by atoms with Crippen molar-refractivity contribution in [3.05, 3.63) is 30.9 Å². The van der Waals surface area contributed by atoms with Crippen LogP contribution in [0.1, 0.15) is 13.0 Å². The summed E-state index contributed by atoms with van der Waals surface area (Å²) >= 11 is 0. The molecule has 4 N–H and O–H groups in total. The molecule has 0 aliphatic carbocycles. The SMILES string of the molecule is CC(C(N)=O)n1cncc1-c1ccc(N)nc1. The Kier molecular flexibility index (Phi) is 2.78. The van der Waals surface area contributed by atoms with E-state index in [1.54, 1.807) is 36.3 Å². The van der Waals surface area contributed by atoms with Crippen LogP contribution in [0.5, 0.6) is 0 Å². The summed E-state index contributed by atoms with van der Waals surface area (Å²) < 4.78 is 1.70. The number of hydrogen-bond donors (Lipinski definition) is 2. The van der Waals surface area contributed by atoms with E-state index in [2.05, 4.69) is 9.97 Å². The minimum Gasteiger partial charge on any atom is -0.384 e. The molecule has 0 aliphatic rings. The van der Waals surface area contributed by atoms with Crippen LogP contribution in [-0.2, 0) is 4.79 Å². The zero-order chi connectivity index (χ0) is 12.4. The molecule has 1 amide bonds. The molecule has 0 saturated heterocycles. The maximum absolute atomic E-state index is 11.2. The highest BCUT2D eigenvalue weighted by Crippen LogP contribution is 2.21. The van der Waals surface area contributed by atoms with Gasteiger partial charge in [0.25, 0.3) is 0 Å². The monoisotopic (exact) mass is 231 g/mol. The lowest BCUT2D eigenvalue weighted by Gasteiger charge is -2.12. The van der Waals surface area contributed by atoms with E-state index in [0.29, 0.717) is 5.82 Å². The van der Waals surface area contributed by atoms with Gasteiger partial charge in [-0.25, -0.2) is 9.97 Å². The van der Waals surface area contributed by atoms with Crippen molar-refractivity contribution in [1.29, 1.82) is 0 Å². The molecule has 0 aliphatic heterocycles. The number of amides is 1. The first-order chi connectivity index (χ1) is 8.09. The summed E-state index contributed by atoms with van der Waals surface area (Å²) in [6, 6.07) is 3.07. The fourth-order valence-corrected chi connectivity index (χ4v) is 1.53. The van der Waals surface area contributed by atoms with Gasteiger partial charge in [-0.1, -0.05) is 0 Å². The second-order valence-corrected chi connectivity index (χ2v) is 3.74. The maximum Gasteiger partial charge on any atom is 0.240 e. The number of nitrogens with zero attached hydrogens (tertiary/aromatic N) is 3. The van der Waals surface area contributed by atoms with Gasteiger partial charge in [-0.15, -0.1) is 0 Å². The lowest BCUT2D eigenvalue weighted by molar-refractivity contribution is -0.120. The molecule has 1 unspecified atom stereocenters. The van der Waals surface area contributed by atoms with Gasteiger partial charge < -0.3 is 16.0 Å². The van der Waals surface area contributed by atoms with Gasteiger partial charge in [0.15, 0.2) is 0 Å². The Balaban J connectivity index is 2.43. The third kappa shape index (κ3) is 2.10. The van der Waals surface area contributed by atoms with Crippen molar-refractivity contribution in [1.82, 2.24) is 14.5 Å². The average Bonchev–Trinajstić information content (AvgIpc) is 2.77. The zero-order valence-electron chi connectivity index (χ0n) is 9.37. The first-order valence-corrected chi connectivity index (χ1v) is 5.12. The Morgan fingerprint density at radius 2 is 2.18 bits per heavy atom. The minimum absolute atomic E-state index is 0.410. The van der Waals surface area contributed by atoms with Gasteiger partial charge in [0, 0.05) is 11.8 Å². The highest BCUT2D eigenvalue weighted by atomic mass is 16.1. The van der Waals surface area contributed by atoms with Gasteiger partial charge >= 0.3 is 0 Å². The number of primary amides is 1. The topological polar surface area (TPSA) is 99.8 Å². The van der Waals surface area contributed by atoms with Crippen molar-refractivity contribution in [3.63, 3.8) is 0 Å². The number of nitrogen functional groups attached to an aromatic ring is 1. The normalized spacial score (nSPS) is 12.3. The Morgan fingerprint density at radius 1 is 1.41 bits per heavy atom. The molecule has 0 fully saturated rings. The molecular formula is C11H13N5O. The number of nitrogens with two attached hydrogens (primary N) is 2. The molecule has 88 valence electrons. The lowest BCUT2D eigenvalue weighted by Crippen LogP contribution is -2.23. The first-order valence-electron chi connectivity index (χ1n) is 5.12. The van der Waals surface area contributed by atoms with Gasteiger partial charge in [-0.3, -0.25) is 4.79 Å². The number of imidazole rings is 1. The van der Waals surface area contributed by atoms with Gasteiger partial charge in [-0.05, 0) is 19.1 Å². The third-order valence-corrected chi connectivity index (χ3v) is 2.58. The molecule has 2 aromatic rings. The van der Waals surface area contributed by atoms with Crippen LogP contribution in [0.3, 0.4) is 0 Å². The van der Waals surface area contributed by atoms with E-state index in [1.165, 1.54) is 0 Å². The van der Waals surface area contributed by atoms with Crippen LogP contribution in [0.4, 0.5) is 5.82 Å².